The third-order valence-corrected chi connectivity index (χ3v) is 6.04. The Bertz CT molecular complexity index is 957. The lowest BCUT2D eigenvalue weighted by Gasteiger charge is -2.31. The van der Waals surface area contributed by atoms with E-state index in [4.69, 9.17) is 9.72 Å². The maximum absolute atomic E-state index is 5.29. The number of rotatable bonds is 8. The fraction of sp³-hybridized carbons (Fsp3) is 0.400. The molecule has 0 unspecified atom stereocenters. The van der Waals surface area contributed by atoms with Crippen molar-refractivity contribution >= 4 is 29.0 Å². The summed E-state index contributed by atoms with van der Waals surface area (Å²) in [5, 5.41) is 8.29. The third kappa shape index (κ3) is 5.88. The number of nitrogens with zero attached hydrogens (tertiary/aromatic N) is 2. The van der Waals surface area contributed by atoms with Crippen LogP contribution in [0.1, 0.15) is 19.3 Å². The highest BCUT2D eigenvalue weighted by molar-refractivity contribution is 5.93. The molecule has 1 saturated heterocycles. The van der Waals surface area contributed by atoms with Crippen molar-refractivity contribution in [2.24, 2.45) is 0 Å². The van der Waals surface area contributed by atoms with Crippen LogP contribution in [-0.4, -0.2) is 56.3 Å². The number of methoxy groups -OCH3 is 1. The summed E-state index contributed by atoms with van der Waals surface area (Å²) < 4.78 is 5.29. The zero-order valence-electron chi connectivity index (χ0n) is 18.4. The van der Waals surface area contributed by atoms with Gasteiger partial charge in [0.1, 0.15) is 5.75 Å². The van der Waals surface area contributed by atoms with E-state index in [0.29, 0.717) is 0 Å². The second kappa shape index (κ2) is 11.3. The van der Waals surface area contributed by atoms with Crippen LogP contribution in [-0.2, 0) is 0 Å². The number of ether oxygens (including phenoxy) is 1. The van der Waals surface area contributed by atoms with Crippen LogP contribution in [0.25, 0.3) is 22.2 Å². The normalized spacial score (nSPS) is 14.4. The van der Waals surface area contributed by atoms with Gasteiger partial charge >= 0.3 is 0 Å². The number of nitrogens with one attached hydrogen (secondary N) is 2. The largest absolute Gasteiger partial charge is 0.497 e. The fourth-order valence-electron chi connectivity index (χ4n) is 4.21. The highest BCUT2D eigenvalue weighted by Gasteiger charge is 2.17. The van der Waals surface area contributed by atoms with E-state index in [1.807, 2.05) is 18.2 Å². The number of benzene rings is 2. The Balaban J connectivity index is 0.00000272. The Morgan fingerprint density at radius 2 is 1.84 bits per heavy atom. The van der Waals surface area contributed by atoms with Crippen LogP contribution in [0.3, 0.4) is 0 Å². The molecule has 2 N–H and O–H groups in total. The molecule has 0 saturated carbocycles. The Kier molecular flexibility index (Phi) is 8.52. The minimum atomic E-state index is 0. The van der Waals surface area contributed by atoms with Gasteiger partial charge in [0, 0.05) is 29.2 Å². The van der Waals surface area contributed by atoms with Crippen molar-refractivity contribution in [3.63, 3.8) is 0 Å². The predicted molar refractivity (Wildman–Crippen MR) is 133 cm³/mol. The van der Waals surface area contributed by atoms with Crippen molar-refractivity contribution in [1.82, 2.24) is 15.2 Å². The lowest BCUT2D eigenvalue weighted by atomic mass is 10.1. The fourth-order valence-corrected chi connectivity index (χ4v) is 4.21. The molecule has 0 bridgehead atoms. The zero-order valence-corrected chi connectivity index (χ0v) is 19.3. The molecule has 1 aromatic heterocycles. The summed E-state index contributed by atoms with van der Waals surface area (Å²) in [4.78, 5) is 7.41. The predicted octanol–water partition coefficient (Wildman–Crippen LogP) is 4.82. The number of halogens is 1. The molecule has 5 nitrogen and oxygen atoms in total. The second-order valence-electron chi connectivity index (χ2n) is 8.04. The van der Waals surface area contributed by atoms with E-state index in [2.05, 4.69) is 59.0 Å². The summed E-state index contributed by atoms with van der Waals surface area (Å²) >= 11 is 0. The molecule has 1 fully saturated rings. The summed E-state index contributed by atoms with van der Waals surface area (Å²) in [6.07, 6.45) is 3.63. The lowest BCUT2D eigenvalue weighted by Crippen LogP contribution is -2.41. The third-order valence-electron chi connectivity index (χ3n) is 6.04. The minimum absolute atomic E-state index is 0. The van der Waals surface area contributed by atoms with Crippen LogP contribution in [0, 0.1) is 0 Å². The maximum atomic E-state index is 5.29. The van der Waals surface area contributed by atoms with Gasteiger partial charge in [-0.25, -0.2) is 4.98 Å². The van der Waals surface area contributed by atoms with E-state index < -0.39 is 0 Å². The number of hydrogen-bond donors (Lipinski definition) is 2. The van der Waals surface area contributed by atoms with E-state index in [1.165, 1.54) is 18.2 Å². The Morgan fingerprint density at radius 1 is 1.10 bits per heavy atom. The minimum Gasteiger partial charge on any atom is -0.497 e. The molecule has 4 rings (SSSR count). The molecule has 0 spiro atoms. The number of fused-ring (bicyclic) bond motifs is 1. The molecule has 0 amide bonds. The highest BCUT2D eigenvalue weighted by Crippen LogP contribution is 2.29. The van der Waals surface area contributed by atoms with Crippen molar-refractivity contribution in [1.29, 1.82) is 0 Å². The summed E-state index contributed by atoms with van der Waals surface area (Å²) in [5.74, 6) is 0.857. The maximum Gasteiger partial charge on any atom is 0.118 e. The first-order valence-electron chi connectivity index (χ1n) is 10.9. The average Bonchev–Trinajstić information content (AvgIpc) is 2.82. The summed E-state index contributed by atoms with van der Waals surface area (Å²) in [5.41, 5.74) is 4.23. The topological polar surface area (TPSA) is 49.4 Å². The molecular formula is C25H33ClN4O. The van der Waals surface area contributed by atoms with E-state index in [1.54, 1.807) is 7.11 Å². The monoisotopic (exact) mass is 440 g/mol. The molecule has 3 aromatic rings. The van der Waals surface area contributed by atoms with Gasteiger partial charge in [0.2, 0.25) is 0 Å². The van der Waals surface area contributed by atoms with Crippen molar-refractivity contribution in [2.45, 2.75) is 25.3 Å². The van der Waals surface area contributed by atoms with Crippen LogP contribution >= 0.6 is 12.4 Å². The summed E-state index contributed by atoms with van der Waals surface area (Å²) in [6, 6.07) is 19.3. The van der Waals surface area contributed by atoms with Crippen LogP contribution < -0.4 is 15.4 Å². The molecule has 31 heavy (non-hydrogen) atoms. The number of para-hydroxylation sites is 1. The van der Waals surface area contributed by atoms with Crippen LogP contribution in [0.5, 0.6) is 5.75 Å². The standard InChI is InChI=1S/C25H32N4O.ClH/c1-29(20-12-15-26-16-13-20)17-5-14-27-25-18-24(19-8-10-21(30-2)11-9-19)28-23-7-4-3-6-22(23)25;/h3-4,6-11,18,20,26H,5,12-17H2,1-2H3,(H,27,28);1H. The first-order chi connectivity index (χ1) is 14.7. The van der Waals surface area contributed by atoms with Gasteiger partial charge in [-0.05, 0) is 82.3 Å². The van der Waals surface area contributed by atoms with E-state index in [-0.39, 0.29) is 12.4 Å². The van der Waals surface area contributed by atoms with Gasteiger partial charge < -0.3 is 20.3 Å². The van der Waals surface area contributed by atoms with Gasteiger partial charge in [-0.2, -0.15) is 0 Å². The highest BCUT2D eigenvalue weighted by atomic mass is 35.5. The molecule has 0 aliphatic carbocycles. The molecule has 2 aromatic carbocycles. The number of anilines is 1. The van der Waals surface area contributed by atoms with Gasteiger partial charge in [-0.15, -0.1) is 12.4 Å². The molecular weight excluding hydrogens is 408 g/mol. The van der Waals surface area contributed by atoms with E-state index >= 15 is 0 Å². The van der Waals surface area contributed by atoms with Crippen molar-refractivity contribution in [3.8, 4) is 17.0 Å². The zero-order chi connectivity index (χ0) is 20.8. The van der Waals surface area contributed by atoms with E-state index in [0.717, 1.165) is 66.9 Å². The van der Waals surface area contributed by atoms with Gasteiger partial charge in [0.15, 0.2) is 0 Å². The van der Waals surface area contributed by atoms with Crippen molar-refractivity contribution < 1.29 is 4.74 Å². The Morgan fingerprint density at radius 3 is 2.58 bits per heavy atom. The van der Waals surface area contributed by atoms with Gasteiger partial charge in [0.05, 0.1) is 18.3 Å². The Labute approximate surface area is 191 Å². The number of pyridine rings is 1. The first kappa shape index (κ1) is 23.3. The van der Waals surface area contributed by atoms with Crippen molar-refractivity contribution in [3.05, 3.63) is 54.6 Å². The smallest absolute Gasteiger partial charge is 0.118 e. The van der Waals surface area contributed by atoms with Crippen molar-refractivity contribution in [2.75, 3.05) is 45.7 Å². The molecule has 1 aliphatic heterocycles. The molecule has 2 heterocycles. The number of aromatic nitrogens is 1. The molecule has 0 atom stereocenters. The molecule has 1 aliphatic rings. The molecule has 0 radical (unpaired) electrons. The number of piperidine rings is 1. The first-order valence-corrected chi connectivity index (χ1v) is 10.9. The van der Waals surface area contributed by atoms with Gasteiger partial charge in [-0.3, -0.25) is 0 Å². The number of hydrogen-bond acceptors (Lipinski definition) is 5. The Hall–Kier alpha value is -2.34. The van der Waals surface area contributed by atoms with Crippen LogP contribution in [0.4, 0.5) is 5.69 Å². The van der Waals surface area contributed by atoms with Crippen LogP contribution in [0.2, 0.25) is 0 Å². The second-order valence-corrected chi connectivity index (χ2v) is 8.04. The SMILES string of the molecule is COc1ccc(-c2cc(NCCCN(C)C3CCNCC3)c3ccccc3n2)cc1.Cl. The average molecular weight is 441 g/mol. The van der Waals surface area contributed by atoms with Gasteiger partial charge in [0.25, 0.3) is 0 Å². The van der Waals surface area contributed by atoms with E-state index in [9.17, 15) is 0 Å². The lowest BCUT2D eigenvalue weighted by molar-refractivity contribution is 0.199. The molecule has 166 valence electrons. The van der Waals surface area contributed by atoms with Crippen LogP contribution in [0.15, 0.2) is 54.6 Å². The summed E-state index contributed by atoms with van der Waals surface area (Å²) in [7, 11) is 3.95. The quantitative estimate of drug-likeness (QED) is 0.492. The molecule has 6 heteroatoms. The summed E-state index contributed by atoms with van der Waals surface area (Å²) in [6.45, 7) is 4.35. The van der Waals surface area contributed by atoms with Gasteiger partial charge in [-0.1, -0.05) is 18.2 Å².